The molecule has 0 radical (unpaired) electrons. The summed E-state index contributed by atoms with van der Waals surface area (Å²) in [7, 11) is 1.52. The summed E-state index contributed by atoms with van der Waals surface area (Å²) >= 11 is 6.01. The lowest BCUT2D eigenvalue weighted by Crippen LogP contribution is -2.02. The van der Waals surface area contributed by atoms with Crippen LogP contribution in [0.1, 0.15) is 15.9 Å². The first-order valence-corrected chi connectivity index (χ1v) is 5.63. The second kappa shape index (κ2) is 5.19. The summed E-state index contributed by atoms with van der Waals surface area (Å²) in [5, 5.41) is 0.309. The number of carbonyl (C=O) groups excluding carboxylic acids is 1. The molecular weight excluding hydrogens is 255 g/mol. The lowest BCUT2D eigenvalue weighted by Gasteiger charge is -2.06. The maximum absolute atomic E-state index is 12.8. The lowest BCUT2D eigenvalue weighted by molar-refractivity contribution is 0.103. The van der Waals surface area contributed by atoms with E-state index in [1.165, 1.54) is 31.4 Å². The fourth-order valence-electron chi connectivity index (χ4n) is 1.56. The Kier molecular flexibility index (Phi) is 3.63. The van der Waals surface area contributed by atoms with E-state index >= 15 is 0 Å². The van der Waals surface area contributed by atoms with Crippen LogP contribution in [0.3, 0.4) is 0 Å². The van der Waals surface area contributed by atoms with Crippen molar-refractivity contribution in [1.82, 2.24) is 0 Å². The molecule has 0 aliphatic heterocycles. The molecule has 0 aromatic heterocycles. The van der Waals surface area contributed by atoms with E-state index in [9.17, 15) is 9.18 Å². The largest absolute Gasteiger partial charge is 0.497 e. The van der Waals surface area contributed by atoms with Crippen molar-refractivity contribution in [3.63, 3.8) is 0 Å². The number of ketones is 1. The highest BCUT2D eigenvalue weighted by atomic mass is 35.5. The van der Waals surface area contributed by atoms with Gasteiger partial charge < -0.3 is 4.74 Å². The van der Waals surface area contributed by atoms with Crippen LogP contribution in [0.15, 0.2) is 42.5 Å². The van der Waals surface area contributed by atoms with E-state index in [0.29, 0.717) is 21.9 Å². The predicted octanol–water partition coefficient (Wildman–Crippen LogP) is 3.72. The molecule has 0 aliphatic carbocycles. The van der Waals surface area contributed by atoms with Gasteiger partial charge in [-0.15, -0.1) is 0 Å². The van der Waals surface area contributed by atoms with Crippen molar-refractivity contribution in [2.45, 2.75) is 0 Å². The summed E-state index contributed by atoms with van der Waals surface area (Å²) in [5.41, 5.74) is 0.757. The van der Waals surface area contributed by atoms with E-state index < -0.39 is 0 Å². The number of carbonyl (C=O) groups is 1. The number of hydrogen-bond donors (Lipinski definition) is 0. The maximum Gasteiger partial charge on any atom is 0.194 e. The van der Waals surface area contributed by atoms with Gasteiger partial charge in [-0.25, -0.2) is 4.39 Å². The SMILES string of the molecule is COc1ccc(C(=O)c2ccc(F)cc2)c(Cl)c1. The first-order chi connectivity index (χ1) is 8.61. The molecule has 2 aromatic carbocycles. The van der Waals surface area contributed by atoms with Gasteiger partial charge in [-0.3, -0.25) is 4.79 Å². The van der Waals surface area contributed by atoms with Crippen molar-refractivity contribution >= 4 is 17.4 Å². The second-order valence-corrected chi connectivity index (χ2v) is 4.09. The van der Waals surface area contributed by atoms with Gasteiger partial charge in [-0.2, -0.15) is 0 Å². The minimum absolute atomic E-state index is 0.248. The fraction of sp³-hybridized carbons (Fsp3) is 0.0714. The van der Waals surface area contributed by atoms with Gasteiger partial charge in [0.05, 0.1) is 12.1 Å². The van der Waals surface area contributed by atoms with Crippen LogP contribution in [0.5, 0.6) is 5.75 Å². The van der Waals surface area contributed by atoms with Gasteiger partial charge in [0.2, 0.25) is 0 Å². The van der Waals surface area contributed by atoms with E-state index in [2.05, 4.69) is 0 Å². The van der Waals surface area contributed by atoms with E-state index in [4.69, 9.17) is 16.3 Å². The Labute approximate surface area is 109 Å². The highest BCUT2D eigenvalue weighted by molar-refractivity contribution is 6.35. The Bertz CT molecular complexity index is 579. The maximum atomic E-state index is 12.8. The summed E-state index contributed by atoms with van der Waals surface area (Å²) in [6.45, 7) is 0. The average Bonchev–Trinajstić information content (AvgIpc) is 2.38. The molecule has 2 nitrogen and oxygen atoms in total. The van der Waals surface area contributed by atoms with Crippen LogP contribution in [-0.2, 0) is 0 Å². The zero-order chi connectivity index (χ0) is 13.1. The molecule has 18 heavy (non-hydrogen) atoms. The van der Waals surface area contributed by atoms with Crippen molar-refractivity contribution in [2.24, 2.45) is 0 Å². The molecule has 0 bridgehead atoms. The molecule has 0 amide bonds. The summed E-state index contributed by atoms with van der Waals surface area (Å²) in [5.74, 6) is -0.0503. The molecule has 0 fully saturated rings. The van der Waals surface area contributed by atoms with Crippen LogP contribution in [0.4, 0.5) is 4.39 Å². The zero-order valence-corrected chi connectivity index (χ0v) is 10.4. The smallest absolute Gasteiger partial charge is 0.194 e. The summed E-state index contributed by atoms with van der Waals surface area (Å²) in [6, 6.07) is 10.2. The van der Waals surface area contributed by atoms with Gasteiger partial charge in [0, 0.05) is 11.1 Å². The van der Waals surface area contributed by atoms with Crippen LogP contribution in [0.2, 0.25) is 5.02 Å². The van der Waals surface area contributed by atoms with Crippen LogP contribution in [0.25, 0.3) is 0 Å². The Morgan fingerprint density at radius 3 is 2.39 bits per heavy atom. The van der Waals surface area contributed by atoms with E-state index in [1.54, 1.807) is 18.2 Å². The lowest BCUT2D eigenvalue weighted by atomic mass is 10.0. The predicted molar refractivity (Wildman–Crippen MR) is 67.8 cm³/mol. The second-order valence-electron chi connectivity index (χ2n) is 3.68. The summed E-state index contributed by atoms with van der Waals surface area (Å²) in [4.78, 5) is 12.1. The molecule has 0 N–H and O–H groups in total. The van der Waals surface area contributed by atoms with Crippen molar-refractivity contribution < 1.29 is 13.9 Å². The van der Waals surface area contributed by atoms with E-state index in [0.717, 1.165) is 0 Å². The molecular formula is C14H10ClFO2. The van der Waals surface area contributed by atoms with E-state index in [1.807, 2.05) is 0 Å². The molecule has 0 spiro atoms. The first-order valence-electron chi connectivity index (χ1n) is 5.25. The normalized spacial score (nSPS) is 10.2. The van der Waals surface area contributed by atoms with Gasteiger partial charge >= 0.3 is 0 Å². The number of ether oxygens (including phenoxy) is 1. The molecule has 0 unspecified atom stereocenters. The van der Waals surface area contributed by atoms with E-state index in [-0.39, 0.29) is 11.6 Å². The van der Waals surface area contributed by atoms with Crippen LogP contribution < -0.4 is 4.74 Å². The van der Waals surface area contributed by atoms with Crippen molar-refractivity contribution in [1.29, 1.82) is 0 Å². The van der Waals surface area contributed by atoms with Crippen LogP contribution in [0, 0.1) is 5.82 Å². The van der Waals surface area contributed by atoms with Gasteiger partial charge in [0.25, 0.3) is 0 Å². The number of hydrogen-bond acceptors (Lipinski definition) is 2. The number of rotatable bonds is 3. The number of benzene rings is 2. The molecule has 0 saturated heterocycles. The Morgan fingerprint density at radius 2 is 1.83 bits per heavy atom. The van der Waals surface area contributed by atoms with Crippen molar-refractivity contribution in [3.05, 3.63) is 64.4 Å². The third-order valence-corrected chi connectivity index (χ3v) is 2.84. The van der Waals surface area contributed by atoms with Gasteiger partial charge in [0.1, 0.15) is 11.6 Å². The highest BCUT2D eigenvalue weighted by Crippen LogP contribution is 2.24. The highest BCUT2D eigenvalue weighted by Gasteiger charge is 2.13. The van der Waals surface area contributed by atoms with Crippen LogP contribution in [-0.4, -0.2) is 12.9 Å². The number of halogens is 2. The minimum Gasteiger partial charge on any atom is -0.497 e. The molecule has 92 valence electrons. The van der Waals surface area contributed by atoms with Crippen LogP contribution >= 0.6 is 11.6 Å². The van der Waals surface area contributed by atoms with Gasteiger partial charge in [0.15, 0.2) is 5.78 Å². The third-order valence-electron chi connectivity index (χ3n) is 2.53. The average molecular weight is 265 g/mol. The molecule has 0 atom stereocenters. The quantitative estimate of drug-likeness (QED) is 0.790. The monoisotopic (exact) mass is 264 g/mol. The van der Waals surface area contributed by atoms with Gasteiger partial charge in [-0.05, 0) is 42.5 Å². The van der Waals surface area contributed by atoms with Crippen molar-refractivity contribution in [2.75, 3.05) is 7.11 Å². The molecule has 2 aromatic rings. The zero-order valence-electron chi connectivity index (χ0n) is 9.61. The number of methoxy groups -OCH3 is 1. The molecule has 0 aliphatic rings. The summed E-state index contributed by atoms with van der Waals surface area (Å²) < 4.78 is 17.8. The molecule has 2 rings (SSSR count). The standard InChI is InChI=1S/C14H10ClFO2/c1-18-11-6-7-12(13(15)8-11)14(17)9-2-4-10(16)5-3-9/h2-8H,1H3. The first kappa shape index (κ1) is 12.6. The summed E-state index contributed by atoms with van der Waals surface area (Å²) in [6.07, 6.45) is 0. The molecule has 0 heterocycles. The van der Waals surface area contributed by atoms with Crippen molar-refractivity contribution in [3.8, 4) is 5.75 Å². The topological polar surface area (TPSA) is 26.3 Å². The van der Waals surface area contributed by atoms with Gasteiger partial charge in [-0.1, -0.05) is 11.6 Å². The Hall–Kier alpha value is -1.87. The fourth-order valence-corrected chi connectivity index (χ4v) is 1.82. The Balaban J connectivity index is 2.37. The molecule has 0 saturated carbocycles. The molecule has 4 heteroatoms. The Morgan fingerprint density at radius 1 is 1.17 bits per heavy atom. The third kappa shape index (κ3) is 2.51. The minimum atomic E-state index is -0.382.